The van der Waals surface area contributed by atoms with Crippen LogP contribution in [0.2, 0.25) is 0 Å². The fourth-order valence-electron chi connectivity index (χ4n) is 3.00. The lowest BCUT2D eigenvalue weighted by molar-refractivity contribution is -0.137. The summed E-state index contributed by atoms with van der Waals surface area (Å²) in [5.41, 5.74) is 0.247. The Morgan fingerprint density at radius 2 is 1.69 bits per heavy atom. The van der Waals surface area contributed by atoms with Gasteiger partial charge in [0.1, 0.15) is 30.3 Å². The molecule has 35 heavy (non-hydrogen) atoms. The van der Waals surface area contributed by atoms with Crippen LogP contribution >= 0.6 is 0 Å². The van der Waals surface area contributed by atoms with Crippen molar-refractivity contribution in [2.75, 3.05) is 6.61 Å². The van der Waals surface area contributed by atoms with Crippen molar-refractivity contribution in [1.29, 1.82) is 0 Å². The number of carbonyl (C=O) groups excluding carboxylic acids is 3. The van der Waals surface area contributed by atoms with Gasteiger partial charge in [0.2, 0.25) is 17.7 Å². The zero-order chi connectivity index (χ0) is 26.2. The first-order valence-corrected chi connectivity index (χ1v) is 11.4. The molecule has 0 aromatic heterocycles. The summed E-state index contributed by atoms with van der Waals surface area (Å²) in [5, 5.41) is 17.8. The molecule has 8 nitrogen and oxygen atoms in total. The first-order valence-electron chi connectivity index (χ1n) is 11.4. The predicted octanol–water partition coefficient (Wildman–Crippen LogP) is 2.23. The minimum atomic E-state index is -1.29. The highest BCUT2D eigenvalue weighted by Crippen LogP contribution is 2.14. The van der Waals surface area contributed by atoms with Crippen LogP contribution in [-0.4, -0.2) is 47.6 Å². The maximum absolute atomic E-state index is 14.2. The van der Waals surface area contributed by atoms with Crippen molar-refractivity contribution >= 4 is 17.7 Å². The van der Waals surface area contributed by atoms with Gasteiger partial charge in [0.25, 0.3) is 0 Å². The highest BCUT2D eigenvalue weighted by molar-refractivity contribution is 5.93. The lowest BCUT2D eigenvalue weighted by atomic mass is 9.94. The summed E-state index contributed by atoms with van der Waals surface area (Å²) in [7, 11) is 0. The van der Waals surface area contributed by atoms with Crippen LogP contribution in [0.3, 0.4) is 0 Å². The first kappa shape index (κ1) is 27.8. The van der Waals surface area contributed by atoms with Gasteiger partial charge in [-0.2, -0.15) is 0 Å². The number of rotatable bonds is 10. The fraction of sp³-hybridized carbons (Fsp3) is 0.423. The number of nitrogens with one attached hydrogen (secondary N) is 3. The Labute approximate surface area is 205 Å². The lowest BCUT2D eigenvalue weighted by Crippen LogP contribution is -2.59. The van der Waals surface area contributed by atoms with Gasteiger partial charge in [-0.15, -0.1) is 0 Å². The summed E-state index contributed by atoms with van der Waals surface area (Å²) in [6, 6.07) is 10.9. The van der Waals surface area contributed by atoms with Crippen LogP contribution in [0.15, 0.2) is 48.5 Å². The molecule has 0 saturated heterocycles. The van der Waals surface area contributed by atoms with Crippen molar-refractivity contribution in [3.63, 3.8) is 0 Å². The predicted molar refractivity (Wildman–Crippen MR) is 130 cm³/mol. The van der Waals surface area contributed by atoms with Gasteiger partial charge >= 0.3 is 0 Å². The van der Waals surface area contributed by atoms with E-state index in [9.17, 15) is 23.9 Å². The molecule has 190 valence electrons. The lowest BCUT2D eigenvalue weighted by Gasteiger charge is -2.27. The van der Waals surface area contributed by atoms with Crippen LogP contribution in [0.5, 0.6) is 5.75 Å². The molecule has 4 N–H and O–H groups in total. The second kappa shape index (κ2) is 12.3. The number of benzene rings is 2. The summed E-state index contributed by atoms with van der Waals surface area (Å²) in [4.78, 5) is 38.3. The van der Waals surface area contributed by atoms with Crippen LogP contribution in [0.1, 0.15) is 38.8 Å². The molecule has 2 aromatic rings. The number of aliphatic hydroxyl groups excluding tert-OH is 1. The van der Waals surface area contributed by atoms with Gasteiger partial charge in [-0.25, -0.2) is 4.39 Å². The topological polar surface area (TPSA) is 117 Å². The van der Waals surface area contributed by atoms with Crippen LogP contribution < -0.4 is 20.7 Å². The zero-order valence-electron chi connectivity index (χ0n) is 20.7. The second-order valence-corrected chi connectivity index (χ2v) is 9.44. The molecule has 0 spiro atoms. The molecule has 0 fully saturated rings. The van der Waals surface area contributed by atoms with Crippen LogP contribution in [0, 0.1) is 18.2 Å². The number of halogens is 1. The minimum absolute atomic E-state index is 0.0940. The molecule has 9 heteroatoms. The van der Waals surface area contributed by atoms with E-state index in [1.165, 1.54) is 13.0 Å². The quantitative estimate of drug-likeness (QED) is 0.410. The summed E-state index contributed by atoms with van der Waals surface area (Å²) in [5.74, 6) is -1.77. The Hall–Kier alpha value is -3.46. The monoisotopic (exact) mass is 487 g/mol. The van der Waals surface area contributed by atoms with Crippen molar-refractivity contribution in [2.24, 2.45) is 5.41 Å². The van der Waals surface area contributed by atoms with Crippen LogP contribution in [-0.2, 0) is 20.9 Å². The molecular formula is C26H34FN3O5. The zero-order valence-corrected chi connectivity index (χ0v) is 20.7. The minimum Gasteiger partial charge on any atom is -0.491 e. The largest absolute Gasteiger partial charge is 0.491 e. The Morgan fingerprint density at radius 3 is 2.26 bits per heavy atom. The van der Waals surface area contributed by atoms with E-state index < -0.39 is 47.1 Å². The van der Waals surface area contributed by atoms with Gasteiger partial charge in [-0.05, 0) is 37.6 Å². The number of amides is 3. The Balaban J connectivity index is 2.15. The number of aryl methyl sites for hydroxylation is 1. The number of hydrogen-bond acceptors (Lipinski definition) is 5. The highest BCUT2D eigenvalue weighted by atomic mass is 19.1. The van der Waals surface area contributed by atoms with Gasteiger partial charge < -0.3 is 25.8 Å². The van der Waals surface area contributed by atoms with Crippen molar-refractivity contribution < 1.29 is 28.6 Å². The molecule has 0 aliphatic carbocycles. The van der Waals surface area contributed by atoms with E-state index in [4.69, 9.17) is 4.74 Å². The third-order valence-electron chi connectivity index (χ3n) is 5.19. The molecule has 0 saturated carbocycles. The fourth-order valence-corrected chi connectivity index (χ4v) is 3.00. The molecule has 3 atom stereocenters. The molecule has 0 aliphatic rings. The average molecular weight is 488 g/mol. The molecule has 0 unspecified atom stereocenters. The molecule has 2 aromatic carbocycles. The van der Waals surface area contributed by atoms with Gasteiger partial charge in [0, 0.05) is 17.5 Å². The average Bonchev–Trinajstić information content (AvgIpc) is 2.78. The van der Waals surface area contributed by atoms with E-state index in [-0.39, 0.29) is 18.7 Å². The van der Waals surface area contributed by atoms with Crippen LogP contribution in [0.4, 0.5) is 4.39 Å². The number of ether oxygens (including phenoxy) is 1. The van der Waals surface area contributed by atoms with E-state index in [2.05, 4.69) is 16.0 Å². The molecule has 0 aliphatic heterocycles. The number of para-hydroxylation sites is 1. The van der Waals surface area contributed by atoms with Crippen molar-refractivity contribution in [2.45, 2.75) is 59.4 Å². The molecule has 2 rings (SSSR count). The summed E-state index contributed by atoms with van der Waals surface area (Å²) < 4.78 is 19.8. The molecule has 0 radical (unpaired) electrons. The summed E-state index contributed by atoms with van der Waals surface area (Å²) in [6.07, 6.45) is -1.22. The van der Waals surface area contributed by atoms with E-state index >= 15 is 0 Å². The molecule has 0 bridgehead atoms. The number of aliphatic hydroxyl groups is 1. The van der Waals surface area contributed by atoms with E-state index in [1.807, 2.05) is 0 Å². The van der Waals surface area contributed by atoms with Gasteiger partial charge in [0.05, 0.1) is 6.10 Å². The molecular weight excluding hydrogens is 453 g/mol. The molecule has 3 amide bonds. The number of hydrogen-bond donors (Lipinski definition) is 4. The normalized spacial score (nSPS) is 13.8. The standard InChI is InChI=1S/C26H34FN3O5/c1-16-11-12-18(20(27)13-16)14-28-23(32)21(15-35-19-9-7-6-8-10-19)29-24(33)22(17(2)31)30-25(34)26(3,4)5/h6-13,17,21-22,31H,14-15H2,1-5H3,(H,28,32)(H,29,33)(H,30,34)/t17-,21+,22+/m1/s1. The number of carbonyl (C=O) groups is 3. The molecule has 0 heterocycles. The Bertz CT molecular complexity index is 1020. The Morgan fingerprint density at radius 1 is 1.03 bits per heavy atom. The van der Waals surface area contributed by atoms with Crippen molar-refractivity contribution in [3.8, 4) is 5.75 Å². The maximum Gasteiger partial charge on any atom is 0.246 e. The van der Waals surface area contributed by atoms with Crippen molar-refractivity contribution in [1.82, 2.24) is 16.0 Å². The third kappa shape index (κ3) is 8.68. The van der Waals surface area contributed by atoms with Gasteiger partial charge in [-0.1, -0.05) is 51.1 Å². The first-order chi connectivity index (χ1) is 16.4. The van der Waals surface area contributed by atoms with Gasteiger partial charge in [0.15, 0.2) is 0 Å². The summed E-state index contributed by atoms with van der Waals surface area (Å²) in [6.45, 7) is 7.83. The van der Waals surface area contributed by atoms with E-state index in [0.717, 1.165) is 5.56 Å². The van der Waals surface area contributed by atoms with E-state index in [0.29, 0.717) is 5.75 Å². The summed E-state index contributed by atoms with van der Waals surface area (Å²) >= 11 is 0. The SMILES string of the molecule is Cc1ccc(CNC(=O)[C@H](COc2ccccc2)NC(=O)[C@@H](NC(=O)C(C)(C)C)[C@@H](C)O)c(F)c1. The smallest absolute Gasteiger partial charge is 0.246 e. The second-order valence-electron chi connectivity index (χ2n) is 9.44. The highest BCUT2D eigenvalue weighted by Gasteiger charge is 2.33. The Kier molecular flexibility index (Phi) is 9.77. The van der Waals surface area contributed by atoms with Crippen molar-refractivity contribution in [3.05, 3.63) is 65.5 Å². The maximum atomic E-state index is 14.2. The third-order valence-corrected chi connectivity index (χ3v) is 5.19. The van der Waals surface area contributed by atoms with Crippen LogP contribution in [0.25, 0.3) is 0 Å². The van der Waals surface area contributed by atoms with Gasteiger partial charge in [-0.3, -0.25) is 14.4 Å². The van der Waals surface area contributed by atoms with E-state index in [1.54, 1.807) is 70.2 Å².